The van der Waals surface area contributed by atoms with Crippen molar-refractivity contribution in [3.63, 3.8) is 0 Å². The third kappa shape index (κ3) is 2.95. The van der Waals surface area contributed by atoms with Crippen LogP contribution < -0.4 is 0 Å². The van der Waals surface area contributed by atoms with Gasteiger partial charge in [0.05, 0.1) is 0 Å². The lowest BCUT2D eigenvalue weighted by atomic mass is 9.92. The summed E-state index contributed by atoms with van der Waals surface area (Å²) in [4.78, 5) is 0. The minimum Gasteiger partial charge on any atom is -0.0993 e. The molecule has 15 heavy (non-hydrogen) atoms. The lowest BCUT2D eigenvalue weighted by Gasteiger charge is -2.13. The van der Waals surface area contributed by atoms with E-state index in [2.05, 4.69) is 53.3 Å². The zero-order chi connectivity index (χ0) is 11.6. The Morgan fingerprint density at radius 3 is 2.13 bits per heavy atom. The molecule has 82 valence electrons. The number of allylic oxidation sites excluding steroid dienone is 1. The van der Waals surface area contributed by atoms with Gasteiger partial charge in [0, 0.05) is 0 Å². The van der Waals surface area contributed by atoms with Crippen LogP contribution in [0.2, 0.25) is 0 Å². The van der Waals surface area contributed by atoms with Crippen LogP contribution in [0.15, 0.2) is 24.3 Å². The highest BCUT2D eigenvalue weighted by Gasteiger charge is 2.06. The molecule has 0 heterocycles. The van der Waals surface area contributed by atoms with E-state index in [1.54, 1.807) is 0 Å². The molecule has 0 radical (unpaired) electrons. The Kier molecular flexibility index (Phi) is 3.73. The molecule has 1 aromatic rings. The van der Waals surface area contributed by atoms with Crippen LogP contribution >= 0.6 is 0 Å². The highest BCUT2D eigenvalue weighted by atomic mass is 14.1. The average molecular weight is 202 g/mol. The standard InChI is InChI=1S/C15H22/c1-10(2)11(3)8-15-9-13(5)12(4)7-14(15)6/h7,9-10H,3,8H2,1-2,4-6H3. The zero-order valence-corrected chi connectivity index (χ0v) is 10.6. The van der Waals surface area contributed by atoms with Crippen molar-refractivity contribution in [3.05, 3.63) is 46.5 Å². The number of hydrogen-bond donors (Lipinski definition) is 0. The monoisotopic (exact) mass is 202 g/mol. The van der Waals surface area contributed by atoms with Gasteiger partial charge in [-0.3, -0.25) is 0 Å². The number of hydrogen-bond acceptors (Lipinski definition) is 0. The van der Waals surface area contributed by atoms with Gasteiger partial charge in [-0.05, 0) is 55.4 Å². The van der Waals surface area contributed by atoms with Crippen LogP contribution in [0.1, 0.15) is 36.1 Å². The number of benzene rings is 1. The van der Waals surface area contributed by atoms with Gasteiger partial charge in [0.15, 0.2) is 0 Å². The van der Waals surface area contributed by atoms with Crippen LogP contribution in [0.4, 0.5) is 0 Å². The molecule has 0 saturated carbocycles. The minimum absolute atomic E-state index is 0.575. The van der Waals surface area contributed by atoms with E-state index in [-0.39, 0.29) is 0 Å². The van der Waals surface area contributed by atoms with Crippen molar-refractivity contribution in [3.8, 4) is 0 Å². The van der Waals surface area contributed by atoms with Gasteiger partial charge >= 0.3 is 0 Å². The van der Waals surface area contributed by atoms with Crippen molar-refractivity contribution in [1.82, 2.24) is 0 Å². The quantitative estimate of drug-likeness (QED) is 0.639. The fourth-order valence-corrected chi connectivity index (χ4v) is 1.66. The number of aryl methyl sites for hydroxylation is 3. The smallest absolute Gasteiger partial charge is 0.00645 e. The van der Waals surface area contributed by atoms with Crippen LogP contribution in [0, 0.1) is 26.7 Å². The molecule has 0 unspecified atom stereocenters. The highest BCUT2D eigenvalue weighted by Crippen LogP contribution is 2.20. The van der Waals surface area contributed by atoms with Crippen LogP contribution in [0.25, 0.3) is 0 Å². The molecule has 1 rings (SSSR count). The molecule has 0 saturated heterocycles. The minimum atomic E-state index is 0.575. The van der Waals surface area contributed by atoms with E-state index in [0.717, 1.165) is 6.42 Å². The fraction of sp³-hybridized carbons (Fsp3) is 0.467. The SMILES string of the molecule is C=C(Cc1cc(C)c(C)cc1C)C(C)C. The van der Waals surface area contributed by atoms with E-state index in [1.165, 1.54) is 27.8 Å². The molecule has 0 N–H and O–H groups in total. The summed E-state index contributed by atoms with van der Waals surface area (Å²) in [6, 6.07) is 4.58. The Bertz CT molecular complexity index is 370. The molecule has 0 amide bonds. The van der Waals surface area contributed by atoms with Crippen LogP contribution in [-0.2, 0) is 6.42 Å². The van der Waals surface area contributed by atoms with E-state index in [0.29, 0.717) is 5.92 Å². The Balaban J connectivity index is 2.96. The maximum absolute atomic E-state index is 4.14. The first-order chi connectivity index (χ1) is 6.91. The predicted octanol–water partition coefficient (Wildman–Crippen LogP) is 4.37. The fourth-order valence-electron chi connectivity index (χ4n) is 1.66. The first-order valence-electron chi connectivity index (χ1n) is 5.66. The average Bonchev–Trinajstić information content (AvgIpc) is 2.13. The first kappa shape index (κ1) is 12.0. The van der Waals surface area contributed by atoms with Gasteiger partial charge in [0.25, 0.3) is 0 Å². The third-order valence-electron chi connectivity index (χ3n) is 3.19. The lowest BCUT2D eigenvalue weighted by molar-refractivity contribution is 0.743. The Morgan fingerprint density at radius 1 is 1.07 bits per heavy atom. The van der Waals surface area contributed by atoms with Crippen molar-refractivity contribution in [2.45, 2.75) is 41.0 Å². The molecule has 0 fully saturated rings. The molecule has 0 atom stereocenters. The molecule has 0 aliphatic rings. The topological polar surface area (TPSA) is 0 Å². The normalized spacial score (nSPS) is 10.8. The second-order valence-electron chi connectivity index (χ2n) is 4.85. The zero-order valence-electron chi connectivity index (χ0n) is 10.6. The third-order valence-corrected chi connectivity index (χ3v) is 3.19. The van der Waals surface area contributed by atoms with E-state index < -0.39 is 0 Å². The van der Waals surface area contributed by atoms with E-state index in [9.17, 15) is 0 Å². The summed E-state index contributed by atoms with van der Waals surface area (Å²) in [6.07, 6.45) is 1.02. The first-order valence-corrected chi connectivity index (χ1v) is 5.66. The summed E-state index contributed by atoms with van der Waals surface area (Å²) in [5.41, 5.74) is 6.90. The summed E-state index contributed by atoms with van der Waals surface area (Å²) < 4.78 is 0. The van der Waals surface area contributed by atoms with E-state index in [4.69, 9.17) is 0 Å². The molecule has 0 heteroatoms. The van der Waals surface area contributed by atoms with Gasteiger partial charge in [0.2, 0.25) is 0 Å². The van der Waals surface area contributed by atoms with Crippen LogP contribution in [0.3, 0.4) is 0 Å². The van der Waals surface area contributed by atoms with Crippen LogP contribution in [0.5, 0.6) is 0 Å². The lowest BCUT2D eigenvalue weighted by Crippen LogP contribution is -2.00. The molecular formula is C15H22. The Morgan fingerprint density at radius 2 is 1.60 bits per heavy atom. The maximum Gasteiger partial charge on any atom is -0.00645 e. The summed E-state index contributed by atoms with van der Waals surface area (Å²) in [5, 5.41) is 0. The highest BCUT2D eigenvalue weighted by molar-refractivity contribution is 5.38. The second-order valence-corrected chi connectivity index (χ2v) is 4.85. The van der Waals surface area contributed by atoms with Crippen LogP contribution in [-0.4, -0.2) is 0 Å². The Labute approximate surface area is 94.0 Å². The predicted molar refractivity (Wildman–Crippen MR) is 68.3 cm³/mol. The summed E-state index contributed by atoms with van der Waals surface area (Å²) >= 11 is 0. The van der Waals surface area contributed by atoms with E-state index >= 15 is 0 Å². The van der Waals surface area contributed by atoms with Gasteiger partial charge in [-0.1, -0.05) is 38.1 Å². The summed E-state index contributed by atoms with van der Waals surface area (Å²) in [5.74, 6) is 0.575. The molecule has 0 aromatic heterocycles. The largest absolute Gasteiger partial charge is 0.0993 e. The van der Waals surface area contributed by atoms with Gasteiger partial charge in [-0.15, -0.1) is 0 Å². The summed E-state index contributed by atoms with van der Waals surface area (Å²) in [6.45, 7) is 15.1. The second kappa shape index (κ2) is 4.65. The van der Waals surface area contributed by atoms with Crippen molar-refractivity contribution >= 4 is 0 Å². The molecule has 0 spiro atoms. The van der Waals surface area contributed by atoms with Gasteiger partial charge in [-0.2, -0.15) is 0 Å². The number of rotatable bonds is 3. The molecule has 0 nitrogen and oxygen atoms in total. The maximum atomic E-state index is 4.14. The van der Waals surface area contributed by atoms with E-state index in [1.807, 2.05) is 0 Å². The molecule has 0 aliphatic carbocycles. The molecule has 0 aliphatic heterocycles. The van der Waals surface area contributed by atoms with Gasteiger partial charge < -0.3 is 0 Å². The molecular weight excluding hydrogens is 180 g/mol. The Hall–Kier alpha value is -1.04. The van der Waals surface area contributed by atoms with Crippen molar-refractivity contribution in [2.24, 2.45) is 5.92 Å². The van der Waals surface area contributed by atoms with Gasteiger partial charge in [-0.25, -0.2) is 0 Å². The van der Waals surface area contributed by atoms with Gasteiger partial charge in [0.1, 0.15) is 0 Å². The molecule has 0 bridgehead atoms. The van der Waals surface area contributed by atoms with Crippen molar-refractivity contribution in [1.29, 1.82) is 0 Å². The molecule has 1 aromatic carbocycles. The summed E-state index contributed by atoms with van der Waals surface area (Å²) in [7, 11) is 0. The van der Waals surface area contributed by atoms with Crippen molar-refractivity contribution in [2.75, 3.05) is 0 Å². The van der Waals surface area contributed by atoms with Crippen molar-refractivity contribution < 1.29 is 0 Å².